The number of carbonyl (C=O) groups excluding carboxylic acids is 2. The van der Waals surface area contributed by atoms with Crippen LogP contribution in [0.15, 0.2) is 11.6 Å². The number of aliphatic hydroxyl groups is 8. The maximum absolute atomic E-state index is 12.9. The molecule has 22 atom stereocenters. The predicted molar refractivity (Wildman–Crippen MR) is 199 cm³/mol. The molecule has 0 spiro atoms. The minimum atomic E-state index is -1.70. The molecular formula is C42H64O16. The van der Waals surface area contributed by atoms with E-state index in [0.717, 1.165) is 44.1 Å². The summed E-state index contributed by atoms with van der Waals surface area (Å²) in [4.78, 5) is 25.6. The maximum Gasteiger partial charge on any atom is 0.338 e. The van der Waals surface area contributed by atoms with Crippen LogP contribution in [0, 0.1) is 45.8 Å². The van der Waals surface area contributed by atoms with Crippen molar-refractivity contribution in [2.75, 3.05) is 13.2 Å². The highest BCUT2D eigenvalue weighted by Gasteiger charge is 2.68. The van der Waals surface area contributed by atoms with Crippen LogP contribution in [0.25, 0.3) is 0 Å². The molecule has 22 unspecified atom stereocenters. The van der Waals surface area contributed by atoms with E-state index in [1.165, 1.54) is 6.92 Å². The summed E-state index contributed by atoms with van der Waals surface area (Å²) in [5.41, 5.74) is -1.37. The molecule has 7 fully saturated rings. The summed E-state index contributed by atoms with van der Waals surface area (Å²) in [6, 6.07) is 0. The molecule has 3 saturated heterocycles. The molecule has 0 aromatic rings. The first kappa shape index (κ1) is 42.9. The van der Waals surface area contributed by atoms with Crippen LogP contribution in [-0.4, -0.2) is 151 Å². The number of hydrogen-bond donors (Lipinski definition) is 8. The maximum atomic E-state index is 12.9. The second kappa shape index (κ2) is 15.2. The summed E-state index contributed by atoms with van der Waals surface area (Å²) in [6.45, 7) is 8.52. The summed E-state index contributed by atoms with van der Waals surface area (Å²) in [6.07, 6.45) is -7.35. The van der Waals surface area contributed by atoms with E-state index in [0.29, 0.717) is 37.0 Å². The van der Waals surface area contributed by atoms with E-state index in [9.17, 15) is 50.4 Å². The van der Waals surface area contributed by atoms with Crippen molar-refractivity contribution in [3.05, 3.63) is 11.6 Å². The Kier molecular flexibility index (Phi) is 11.3. The van der Waals surface area contributed by atoms with Crippen LogP contribution in [0.2, 0.25) is 0 Å². The molecule has 5 aliphatic carbocycles. The van der Waals surface area contributed by atoms with Crippen molar-refractivity contribution in [3.8, 4) is 0 Å². The standard InChI is InChI=1S/C42H64O16/c1-18(44)54-29-13-20(55-37-35(50)33(48)31(46)28(57-37)17-53-36-34(49)32(47)30(45)27(16-43)56-36)12-19-6-7-21-23-8-9-24(40(23,3)11-10-25(21)41(19,29)4)22-14-39(2)15-26(22)58-38(51)42(39,5)52/h6,20-37,43,45-50,52H,7-17H2,1-5H3. The molecule has 16 heteroatoms. The molecule has 0 aromatic carbocycles. The molecule has 4 saturated carbocycles. The Morgan fingerprint density at radius 1 is 0.828 bits per heavy atom. The lowest BCUT2D eigenvalue weighted by atomic mass is 9.46. The number of fused-ring (bicyclic) bond motifs is 7. The largest absolute Gasteiger partial charge is 0.462 e. The summed E-state index contributed by atoms with van der Waals surface area (Å²) >= 11 is 0. The summed E-state index contributed by atoms with van der Waals surface area (Å²) in [7, 11) is 0. The highest BCUT2D eigenvalue weighted by atomic mass is 16.7. The van der Waals surface area contributed by atoms with Gasteiger partial charge < -0.3 is 69.3 Å². The Hall–Kier alpha value is -1.80. The fourth-order valence-electron chi connectivity index (χ4n) is 13.4. The van der Waals surface area contributed by atoms with Crippen molar-refractivity contribution in [2.45, 2.75) is 178 Å². The second-order valence-electron chi connectivity index (χ2n) is 19.8. The second-order valence-corrected chi connectivity index (χ2v) is 19.8. The summed E-state index contributed by atoms with van der Waals surface area (Å²) in [5, 5.41) is 84.0. The molecule has 328 valence electrons. The van der Waals surface area contributed by atoms with E-state index in [-0.39, 0.29) is 23.4 Å². The average Bonchev–Trinajstić information content (AvgIpc) is 3.68. The van der Waals surface area contributed by atoms with Crippen molar-refractivity contribution in [3.63, 3.8) is 0 Å². The van der Waals surface area contributed by atoms with E-state index < -0.39 is 115 Å². The average molecular weight is 825 g/mol. The highest BCUT2D eigenvalue weighted by molar-refractivity contribution is 5.81. The monoisotopic (exact) mass is 824 g/mol. The van der Waals surface area contributed by atoms with Crippen molar-refractivity contribution in [1.29, 1.82) is 0 Å². The van der Waals surface area contributed by atoms with Gasteiger partial charge in [0.25, 0.3) is 0 Å². The van der Waals surface area contributed by atoms with Crippen LogP contribution in [0.1, 0.15) is 92.4 Å². The molecule has 8 N–H and O–H groups in total. The first-order valence-corrected chi connectivity index (χ1v) is 21.3. The smallest absolute Gasteiger partial charge is 0.338 e. The van der Waals surface area contributed by atoms with Crippen LogP contribution >= 0.6 is 0 Å². The number of carbonyl (C=O) groups is 2. The molecule has 8 aliphatic rings. The number of allylic oxidation sites excluding steroid dienone is 1. The third-order valence-electron chi connectivity index (χ3n) is 16.9. The van der Waals surface area contributed by atoms with Gasteiger partial charge in [-0.1, -0.05) is 32.4 Å². The zero-order valence-electron chi connectivity index (χ0n) is 34.1. The highest BCUT2D eigenvalue weighted by Crippen LogP contribution is 2.70. The zero-order valence-corrected chi connectivity index (χ0v) is 34.1. The molecule has 0 radical (unpaired) electrons. The topological polar surface area (TPSA) is 251 Å². The van der Waals surface area contributed by atoms with Gasteiger partial charge in [0.15, 0.2) is 18.2 Å². The van der Waals surface area contributed by atoms with E-state index in [1.807, 2.05) is 6.92 Å². The molecule has 3 aliphatic heterocycles. The molecule has 0 aromatic heterocycles. The van der Waals surface area contributed by atoms with Gasteiger partial charge in [0.05, 0.1) is 19.3 Å². The number of ether oxygens (including phenoxy) is 6. The van der Waals surface area contributed by atoms with Crippen LogP contribution in [0.4, 0.5) is 0 Å². The molecule has 16 nitrogen and oxygen atoms in total. The lowest BCUT2D eigenvalue weighted by molar-refractivity contribution is -0.337. The van der Waals surface area contributed by atoms with E-state index in [2.05, 4.69) is 19.9 Å². The number of aliphatic hydroxyl groups excluding tert-OH is 7. The van der Waals surface area contributed by atoms with Gasteiger partial charge in [-0.15, -0.1) is 0 Å². The fourth-order valence-corrected chi connectivity index (χ4v) is 13.4. The van der Waals surface area contributed by atoms with E-state index in [1.54, 1.807) is 6.92 Å². The van der Waals surface area contributed by atoms with Gasteiger partial charge in [0.2, 0.25) is 0 Å². The first-order valence-electron chi connectivity index (χ1n) is 21.3. The Labute approximate surface area is 338 Å². The molecular weight excluding hydrogens is 760 g/mol. The lowest BCUT2D eigenvalue weighted by Gasteiger charge is -2.60. The van der Waals surface area contributed by atoms with Crippen LogP contribution in [0.5, 0.6) is 0 Å². The quantitative estimate of drug-likeness (QED) is 0.120. The Balaban J connectivity index is 0.971. The Morgan fingerprint density at radius 3 is 2.14 bits per heavy atom. The predicted octanol–water partition coefficient (Wildman–Crippen LogP) is 0.209. The van der Waals surface area contributed by atoms with Gasteiger partial charge >= 0.3 is 11.9 Å². The van der Waals surface area contributed by atoms with Crippen LogP contribution in [0.3, 0.4) is 0 Å². The number of rotatable bonds is 8. The van der Waals surface area contributed by atoms with Crippen molar-refractivity contribution in [1.82, 2.24) is 0 Å². The summed E-state index contributed by atoms with van der Waals surface area (Å²) < 4.78 is 35.4. The van der Waals surface area contributed by atoms with Crippen molar-refractivity contribution in [2.24, 2.45) is 45.8 Å². The third-order valence-corrected chi connectivity index (χ3v) is 16.9. The Bertz CT molecular complexity index is 1600. The summed E-state index contributed by atoms with van der Waals surface area (Å²) in [5.74, 6) is 0.621. The van der Waals surface area contributed by atoms with Crippen molar-refractivity contribution < 1.29 is 78.9 Å². The minimum Gasteiger partial charge on any atom is -0.462 e. The normalized spacial score (nSPS) is 55.1. The Morgan fingerprint density at radius 2 is 1.47 bits per heavy atom. The number of hydrogen-bond acceptors (Lipinski definition) is 16. The molecule has 2 bridgehead atoms. The van der Waals surface area contributed by atoms with Crippen LogP contribution < -0.4 is 0 Å². The van der Waals surface area contributed by atoms with Gasteiger partial charge in [-0.3, -0.25) is 4.79 Å². The van der Waals surface area contributed by atoms with Gasteiger partial charge in [0.1, 0.15) is 61.0 Å². The number of esters is 2. The van der Waals surface area contributed by atoms with Crippen LogP contribution in [-0.2, 0) is 38.0 Å². The first-order chi connectivity index (χ1) is 27.2. The fraction of sp³-hybridized carbons (Fsp3) is 0.905. The molecule has 8 rings (SSSR count). The molecule has 0 amide bonds. The molecule has 3 heterocycles. The van der Waals surface area contributed by atoms with E-state index in [4.69, 9.17) is 28.4 Å². The van der Waals surface area contributed by atoms with Gasteiger partial charge in [-0.25, -0.2) is 4.79 Å². The molecule has 58 heavy (non-hydrogen) atoms. The van der Waals surface area contributed by atoms with E-state index >= 15 is 0 Å². The SMILES string of the molecule is CC(=O)OC1CC(OC2OC(COC3OC(CO)C(O)C(O)C3O)C(O)C(O)C2O)CC2=CCC3C4CCC(C5CC6(C)CC5OC(=O)C6(C)O)C4(C)CCC3C21C. The van der Waals surface area contributed by atoms with Gasteiger partial charge in [0, 0.05) is 24.2 Å². The van der Waals surface area contributed by atoms with Crippen molar-refractivity contribution >= 4 is 11.9 Å². The minimum absolute atomic E-state index is 0.0276. The van der Waals surface area contributed by atoms with Gasteiger partial charge in [-0.2, -0.15) is 0 Å². The van der Waals surface area contributed by atoms with Gasteiger partial charge in [-0.05, 0) is 93.3 Å². The zero-order chi connectivity index (χ0) is 41.9. The lowest BCUT2D eigenvalue weighted by Crippen LogP contribution is -2.62. The third kappa shape index (κ3) is 6.62.